The van der Waals surface area contributed by atoms with Crippen LogP contribution in [0.3, 0.4) is 0 Å². The Morgan fingerprint density at radius 1 is 0.981 bits per heavy atom. The summed E-state index contributed by atoms with van der Waals surface area (Å²) in [6.45, 7) is 8.85. The van der Waals surface area contributed by atoms with Crippen molar-refractivity contribution in [3.8, 4) is 5.82 Å². The van der Waals surface area contributed by atoms with Crippen molar-refractivity contribution in [1.29, 1.82) is 0 Å². The summed E-state index contributed by atoms with van der Waals surface area (Å²) in [6, 6.07) is 16.7. The van der Waals surface area contributed by atoms with Gasteiger partial charge in [0, 0.05) is 36.6 Å². The quantitative estimate of drug-likeness (QED) is 0.139. The van der Waals surface area contributed by atoms with E-state index in [-0.39, 0.29) is 31.1 Å². The van der Waals surface area contributed by atoms with Crippen LogP contribution >= 0.6 is 0 Å². The Labute approximate surface area is 311 Å². The normalized spacial score (nSPS) is 20.5. The van der Waals surface area contributed by atoms with Gasteiger partial charge < -0.3 is 10.2 Å². The van der Waals surface area contributed by atoms with Crippen LogP contribution in [-0.2, 0) is 27.3 Å². The first-order valence-corrected chi connectivity index (χ1v) is 20.5. The minimum Gasteiger partial charge on any atom is -0.335 e. The molecule has 53 heavy (non-hydrogen) atoms. The summed E-state index contributed by atoms with van der Waals surface area (Å²) >= 11 is 0. The predicted molar refractivity (Wildman–Crippen MR) is 204 cm³/mol. The summed E-state index contributed by atoms with van der Waals surface area (Å²) in [5, 5.41) is 24.6. The van der Waals surface area contributed by atoms with E-state index in [1.54, 1.807) is 21.6 Å². The number of hydrogen-bond acceptors (Lipinski definition) is 9. The monoisotopic (exact) mass is 742 g/mol. The smallest absolute Gasteiger partial charge is 0.320 e. The highest BCUT2D eigenvalue weighted by Gasteiger charge is 2.30. The average molecular weight is 743 g/mol. The standard InChI is InChI=1S/C38H50N10O4S/c1-25(2)33-23-36(48(43-33)35-19-20-45(44-35)21-22-52-53(5,50)51)40-37(49)39-32-17-16-29(30-11-6-7-12-31(30)32)15-13-28-14-18-34-41-42-38(46(34)24-28)47-26(3)9-8-10-27(47)4/h6-7,11-12,14,18-20,23-27,29,32H,8-10,13,15-17,21-22H2,1-5H3,(H2,39,40,49)/t26-,27+,29-,32+/m1/s1. The largest absolute Gasteiger partial charge is 0.335 e. The maximum Gasteiger partial charge on any atom is 0.320 e. The lowest BCUT2D eigenvalue weighted by atomic mass is 9.77. The Morgan fingerprint density at radius 2 is 1.75 bits per heavy atom. The Kier molecular flexibility index (Phi) is 10.6. The fourth-order valence-electron chi connectivity index (χ4n) is 7.86. The van der Waals surface area contributed by atoms with Crippen molar-refractivity contribution < 1.29 is 17.4 Å². The SMILES string of the molecule is CC(C)c1cc(NC(=O)N[C@H]2CC[C@@H](CCc3ccc4nnc(N5[C@H](C)CCC[C@@H]5C)n4c3)c3ccccc32)n(-c2ccn(CCOS(C)(=O)=O)n2)n1. The second kappa shape index (κ2) is 15.3. The average Bonchev–Trinajstić information content (AvgIpc) is 3.86. The predicted octanol–water partition coefficient (Wildman–Crippen LogP) is 6.35. The molecular weight excluding hydrogens is 693 g/mol. The fraction of sp³-hybridized carbons (Fsp3) is 0.500. The number of fused-ring (bicyclic) bond motifs is 2. The first-order valence-electron chi connectivity index (χ1n) is 18.7. The van der Waals surface area contributed by atoms with Crippen LogP contribution in [0.1, 0.15) is 106 Å². The summed E-state index contributed by atoms with van der Waals surface area (Å²) in [6.07, 6.45) is 12.2. The second-order valence-electron chi connectivity index (χ2n) is 14.9. The van der Waals surface area contributed by atoms with E-state index in [4.69, 9.17) is 9.28 Å². The van der Waals surface area contributed by atoms with Crippen molar-refractivity contribution in [2.75, 3.05) is 23.1 Å². The van der Waals surface area contributed by atoms with E-state index in [1.807, 2.05) is 26.0 Å². The second-order valence-corrected chi connectivity index (χ2v) is 16.5. The van der Waals surface area contributed by atoms with E-state index < -0.39 is 10.1 Å². The van der Waals surface area contributed by atoms with E-state index in [2.05, 4.69) is 85.6 Å². The number of rotatable bonds is 12. The van der Waals surface area contributed by atoms with Crippen LogP contribution in [0, 0.1) is 0 Å². The molecule has 4 atom stereocenters. The molecule has 1 saturated heterocycles. The van der Waals surface area contributed by atoms with Crippen molar-refractivity contribution in [3.05, 3.63) is 83.3 Å². The molecule has 2 aliphatic rings. The molecule has 2 N–H and O–H groups in total. The molecule has 0 radical (unpaired) electrons. The molecule has 5 aromatic rings. The maximum absolute atomic E-state index is 13.6. The van der Waals surface area contributed by atoms with Gasteiger partial charge in [0.15, 0.2) is 11.5 Å². The molecule has 0 spiro atoms. The number of amides is 2. The lowest BCUT2D eigenvalue weighted by molar-refractivity contribution is 0.246. The van der Waals surface area contributed by atoms with Gasteiger partial charge in [-0.25, -0.2) is 4.79 Å². The molecule has 15 heteroatoms. The Bertz CT molecular complexity index is 2160. The lowest BCUT2D eigenvalue weighted by Gasteiger charge is -2.39. The topological polar surface area (TPSA) is 154 Å². The molecule has 5 heterocycles. The molecule has 0 bridgehead atoms. The third-order valence-electron chi connectivity index (χ3n) is 10.6. The molecule has 1 aliphatic heterocycles. The van der Waals surface area contributed by atoms with Gasteiger partial charge in [-0.15, -0.1) is 10.2 Å². The molecule has 4 aromatic heterocycles. The highest BCUT2D eigenvalue weighted by atomic mass is 32.2. The van der Waals surface area contributed by atoms with Crippen LogP contribution in [0.25, 0.3) is 11.5 Å². The fourth-order valence-corrected chi connectivity index (χ4v) is 8.24. The number of nitrogens with zero attached hydrogens (tertiary/aromatic N) is 8. The molecule has 0 saturated carbocycles. The minimum absolute atomic E-state index is 0.0367. The zero-order chi connectivity index (χ0) is 37.3. The zero-order valence-corrected chi connectivity index (χ0v) is 32.0. The van der Waals surface area contributed by atoms with Crippen molar-refractivity contribution in [3.63, 3.8) is 0 Å². The van der Waals surface area contributed by atoms with E-state index in [9.17, 15) is 13.2 Å². The third kappa shape index (κ3) is 8.25. The van der Waals surface area contributed by atoms with Crippen LogP contribution in [0.2, 0.25) is 0 Å². The van der Waals surface area contributed by atoms with Gasteiger partial charge in [-0.1, -0.05) is 44.2 Å². The molecule has 282 valence electrons. The van der Waals surface area contributed by atoms with Crippen molar-refractivity contribution in [2.45, 2.75) is 109 Å². The van der Waals surface area contributed by atoms with Gasteiger partial charge in [-0.2, -0.15) is 23.3 Å². The van der Waals surface area contributed by atoms with Gasteiger partial charge in [-0.3, -0.25) is 18.6 Å². The van der Waals surface area contributed by atoms with Gasteiger partial charge in [0.05, 0.1) is 31.1 Å². The van der Waals surface area contributed by atoms with Crippen molar-refractivity contribution >= 4 is 33.6 Å². The van der Waals surface area contributed by atoms with Crippen LogP contribution in [-0.4, -0.2) is 73.6 Å². The number of urea groups is 1. The molecule has 1 aliphatic carbocycles. The zero-order valence-electron chi connectivity index (χ0n) is 31.1. The number of nitrogens with one attached hydrogen (secondary N) is 2. The number of aromatic nitrogens is 7. The van der Waals surface area contributed by atoms with Crippen molar-refractivity contribution in [1.82, 2.24) is 39.5 Å². The van der Waals surface area contributed by atoms with Crippen LogP contribution in [0.15, 0.2) is 60.9 Å². The molecular formula is C38H50N10O4S. The summed E-state index contributed by atoms with van der Waals surface area (Å²) in [7, 11) is -3.55. The highest BCUT2D eigenvalue weighted by Crippen LogP contribution is 2.40. The van der Waals surface area contributed by atoms with E-state index >= 15 is 0 Å². The summed E-state index contributed by atoms with van der Waals surface area (Å²) < 4.78 is 32.9. The van der Waals surface area contributed by atoms with Gasteiger partial charge in [0.2, 0.25) is 5.95 Å². The first-order chi connectivity index (χ1) is 25.4. The van der Waals surface area contributed by atoms with Crippen LogP contribution < -0.4 is 15.5 Å². The van der Waals surface area contributed by atoms with Crippen molar-refractivity contribution in [2.24, 2.45) is 0 Å². The lowest BCUT2D eigenvalue weighted by Crippen LogP contribution is -2.44. The van der Waals surface area contributed by atoms with Gasteiger partial charge in [-0.05, 0) is 93.4 Å². The number of anilines is 2. The minimum atomic E-state index is -3.55. The molecule has 14 nitrogen and oxygen atoms in total. The molecule has 7 rings (SSSR count). The van der Waals surface area contributed by atoms with Crippen LogP contribution in [0.4, 0.5) is 16.6 Å². The number of carbonyl (C=O) groups is 1. The van der Waals surface area contributed by atoms with Gasteiger partial charge in [0.1, 0.15) is 5.82 Å². The number of benzene rings is 1. The highest BCUT2D eigenvalue weighted by molar-refractivity contribution is 7.85. The maximum atomic E-state index is 13.6. The van der Waals surface area contributed by atoms with E-state index in [1.165, 1.54) is 30.4 Å². The van der Waals surface area contributed by atoms with E-state index in [0.717, 1.165) is 54.8 Å². The number of pyridine rings is 1. The van der Waals surface area contributed by atoms with E-state index in [0.29, 0.717) is 29.6 Å². The number of aryl methyl sites for hydroxylation is 1. The Hall–Kier alpha value is -4.76. The summed E-state index contributed by atoms with van der Waals surface area (Å²) in [5.41, 5.74) is 5.37. The Balaban J connectivity index is 1.02. The molecule has 1 fully saturated rings. The summed E-state index contributed by atoms with van der Waals surface area (Å²) in [5.74, 6) is 2.41. The number of carbonyl (C=O) groups excluding carboxylic acids is 1. The van der Waals surface area contributed by atoms with Crippen LogP contribution in [0.5, 0.6) is 0 Å². The first kappa shape index (κ1) is 36.6. The number of piperidine rings is 1. The Morgan fingerprint density at radius 3 is 2.51 bits per heavy atom. The number of hydrogen-bond donors (Lipinski definition) is 2. The summed E-state index contributed by atoms with van der Waals surface area (Å²) in [4.78, 5) is 16.0. The molecule has 1 aromatic carbocycles. The van der Waals surface area contributed by atoms with Gasteiger partial charge >= 0.3 is 6.03 Å². The molecule has 0 unspecified atom stereocenters. The third-order valence-corrected chi connectivity index (χ3v) is 11.2. The van der Waals surface area contributed by atoms with Gasteiger partial charge in [0.25, 0.3) is 10.1 Å². The molecule has 2 amide bonds.